The van der Waals surface area contributed by atoms with E-state index in [2.05, 4.69) is 19.2 Å². The molecule has 0 spiro atoms. The van der Waals surface area contributed by atoms with Gasteiger partial charge in [0.25, 0.3) is 5.91 Å². The molecule has 0 saturated heterocycles. The molecule has 0 radical (unpaired) electrons. The van der Waals surface area contributed by atoms with Crippen molar-refractivity contribution in [1.29, 1.82) is 0 Å². The van der Waals surface area contributed by atoms with Crippen LogP contribution in [0.1, 0.15) is 37.0 Å². The molecule has 1 fully saturated rings. The number of amides is 1. The first-order chi connectivity index (χ1) is 8.50. The van der Waals surface area contributed by atoms with Crippen molar-refractivity contribution in [3.05, 3.63) is 35.4 Å². The molecule has 3 unspecified atom stereocenters. The molecule has 0 aromatic heterocycles. The molecule has 0 aliphatic heterocycles. The minimum absolute atomic E-state index is 0.0511. The molecule has 1 aromatic rings. The van der Waals surface area contributed by atoms with E-state index in [0.717, 1.165) is 18.9 Å². The zero-order valence-electron chi connectivity index (χ0n) is 10.5. The Morgan fingerprint density at radius 3 is 2.61 bits per heavy atom. The number of carbonyl (C=O) groups is 1. The SMILES string of the molecule is CC1CCC(NC(=O)c2cccc(F)c2F)C1C. The Hall–Kier alpha value is -1.45. The molecule has 1 amide bonds. The van der Waals surface area contributed by atoms with Gasteiger partial charge in [-0.3, -0.25) is 4.79 Å². The Morgan fingerprint density at radius 1 is 1.28 bits per heavy atom. The third-order valence-electron chi connectivity index (χ3n) is 3.98. The van der Waals surface area contributed by atoms with E-state index in [4.69, 9.17) is 0 Å². The number of halogens is 2. The van der Waals surface area contributed by atoms with E-state index in [1.807, 2.05) is 0 Å². The number of rotatable bonds is 2. The average molecular weight is 253 g/mol. The van der Waals surface area contributed by atoms with Crippen molar-refractivity contribution in [1.82, 2.24) is 5.32 Å². The highest BCUT2D eigenvalue weighted by Gasteiger charge is 2.31. The van der Waals surface area contributed by atoms with Crippen LogP contribution in [0.15, 0.2) is 18.2 Å². The molecule has 0 heterocycles. The zero-order chi connectivity index (χ0) is 13.3. The van der Waals surface area contributed by atoms with Crippen LogP contribution in [0.2, 0.25) is 0 Å². The van der Waals surface area contributed by atoms with E-state index >= 15 is 0 Å². The van der Waals surface area contributed by atoms with E-state index in [1.165, 1.54) is 12.1 Å². The summed E-state index contributed by atoms with van der Waals surface area (Å²) >= 11 is 0. The summed E-state index contributed by atoms with van der Waals surface area (Å²) < 4.78 is 26.5. The van der Waals surface area contributed by atoms with Crippen LogP contribution in [-0.2, 0) is 0 Å². The van der Waals surface area contributed by atoms with Crippen molar-refractivity contribution in [2.24, 2.45) is 11.8 Å². The highest BCUT2D eigenvalue weighted by molar-refractivity contribution is 5.94. The fourth-order valence-corrected chi connectivity index (χ4v) is 2.49. The van der Waals surface area contributed by atoms with Crippen molar-refractivity contribution in [2.75, 3.05) is 0 Å². The van der Waals surface area contributed by atoms with Gasteiger partial charge in [-0.05, 0) is 36.8 Å². The second-order valence-corrected chi connectivity index (χ2v) is 5.10. The van der Waals surface area contributed by atoms with Crippen LogP contribution >= 0.6 is 0 Å². The maximum atomic E-state index is 13.5. The van der Waals surface area contributed by atoms with E-state index < -0.39 is 17.5 Å². The lowest BCUT2D eigenvalue weighted by molar-refractivity contribution is 0.0922. The van der Waals surface area contributed by atoms with Crippen molar-refractivity contribution >= 4 is 5.91 Å². The molecule has 1 aromatic carbocycles. The monoisotopic (exact) mass is 253 g/mol. The van der Waals surface area contributed by atoms with Gasteiger partial charge in [-0.2, -0.15) is 0 Å². The van der Waals surface area contributed by atoms with Crippen LogP contribution in [0, 0.1) is 23.5 Å². The van der Waals surface area contributed by atoms with Crippen LogP contribution in [0.25, 0.3) is 0 Å². The minimum Gasteiger partial charge on any atom is -0.349 e. The van der Waals surface area contributed by atoms with Gasteiger partial charge in [-0.25, -0.2) is 8.78 Å². The first kappa shape index (κ1) is 13.0. The standard InChI is InChI=1S/C14H17F2NO/c1-8-6-7-12(9(8)2)17-14(18)10-4-3-5-11(15)13(10)16/h3-5,8-9,12H,6-7H2,1-2H3,(H,17,18). The average Bonchev–Trinajstić information content (AvgIpc) is 2.64. The lowest BCUT2D eigenvalue weighted by Gasteiger charge is -2.19. The van der Waals surface area contributed by atoms with Gasteiger partial charge < -0.3 is 5.32 Å². The van der Waals surface area contributed by atoms with Crippen LogP contribution in [0.4, 0.5) is 8.78 Å². The second kappa shape index (κ2) is 5.04. The van der Waals surface area contributed by atoms with Gasteiger partial charge >= 0.3 is 0 Å². The fraction of sp³-hybridized carbons (Fsp3) is 0.500. The first-order valence-corrected chi connectivity index (χ1v) is 6.25. The van der Waals surface area contributed by atoms with Gasteiger partial charge in [0.2, 0.25) is 0 Å². The number of nitrogens with one attached hydrogen (secondary N) is 1. The van der Waals surface area contributed by atoms with E-state index in [0.29, 0.717) is 11.8 Å². The van der Waals surface area contributed by atoms with Gasteiger partial charge in [0.15, 0.2) is 11.6 Å². The van der Waals surface area contributed by atoms with Gasteiger partial charge in [0.1, 0.15) is 0 Å². The first-order valence-electron chi connectivity index (χ1n) is 6.25. The van der Waals surface area contributed by atoms with Crippen molar-refractivity contribution in [3.63, 3.8) is 0 Å². The third-order valence-corrected chi connectivity index (χ3v) is 3.98. The molecule has 1 aliphatic carbocycles. The minimum atomic E-state index is -1.08. The van der Waals surface area contributed by atoms with Crippen LogP contribution in [-0.4, -0.2) is 11.9 Å². The smallest absolute Gasteiger partial charge is 0.254 e. The van der Waals surface area contributed by atoms with E-state index in [9.17, 15) is 13.6 Å². The number of carbonyl (C=O) groups excluding carboxylic acids is 1. The molecule has 1 saturated carbocycles. The third kappa shape index (κ3) is 2.37. The Bertz CT molecular complexity index is 461. The summed E-state index contributed by atoms with van der Waals surface area (Å²) in [4.78, 5) is 11.9. The number of benzene rings is 1. The molecule has 2 nitrogen and oxygen atoms in total. The Morgan fingerprint density at radius 2 is 2.00 bits per heavy atom. The van der Waals surface area contributed by atoms with E-state index in [-0.39, 0.29) is 11.6 Å². The molecule has 2 rings (SSSR count). The molecule has 3 atom stereocenters. The molecule has 98 valence electrons. The van der Waals surface area contributed by atoms with Gasteiger partial charge in [-0.15, -0.1) is 0 Å². The lowest BCUT2D eigenvalue weighted by Crippen LogP contribution is -2.37. The zero-order valence-corrected chi connectivity index (χ0v) is 10.5. The summed E-state index contributed by atoms with van der Waals surface area (Å²) in [6.45, 7) is 4.21. The normalized spacial score (nSPS) is 27.2. The summed E-state index contributed by atoms with van der Waals surface area (Å²) in [7, 11) is 0. The highest BCUT2D eigenvalue weighted by Crippen LogP contribution is 2.31. The topological polar surface area (TPSA) is 29.1 Å². The Balaban J connectivity index is 2.11. The predicted octanol–water partition coefficient (Wildman–Crippen LogP) is 3.13. The van der Waals surface area contributed by atoms with Crippen molar-refractivity contribution < 1.29 is 13.6 Å². The second-order valence-electron chi connectivity index (χ2n) is 5.10. The molecule has 1 N–H and O–H groups in total. The predicted molar refractivity (Wildman–Crippen MR) is 65.2 cm³/mol. The lowest BCUT2D eigenvalue weighted by atomic mass is 9.97. The van der Waals surface area contributed by atoms with Crippen molar-refractivity contribution in [2.45, 2.75) is 32.7 Å². The largest absolute Gasteiger partial charge is 0.349 e. The quantitative estimate of drug-likeness (QED) is 0.862. The maximum Gasteiger partial charge on any atom is 0.254 e. The highest BCUT2D eigenvalue weighted by atomic mass is 19.2. The molecular formula is C14H17F2NO. The molecule has 1 aliphatic rings. The summed E-state index contributed by atoms with van der Waals surface area (Å²) in [6, 6.07) is 3.70. The van der Waals surface area contributed by atoms with Gasteiger partial charge in [0.05, 0.1) is 5.56 Å². The molecule has 18 heavy (non-hydrogen) atoms. The Labute approximate surface area is 105 Å². The maximum absolute atomic E-state index is 13.5. The summed E-state index contributed by atoms with van der Waals surface area (Å²) in [5, 5.41) is 2.80. The Kier molecular flexibility index (Phi) is 3.64. The summed E-state index contributed by atoms with van der Waals surface area (Å²) in [6.07, 6.45) is 1.95. The van der Waals surface area contributed by atoms with Crippen LogP contribution < -0.4 is 5.32 Å². The molecular weight excluding hydrogens is 236 g/mol. The van der Waals surface area contributed by atoms with Crippen molar-refractivity contribution in [3.8, 4) is 0 Å². The molecule has 4 heteroatoms. The van der Waals surface area contributed by atoms with Gasteiger partial charge in [-0.1, -0.05) is 19.9 Å². The number of hydrogen-bond donors (Lipinski definition) is 1. The van der Waals surface area contributed by atoms with E-state index in [1.54, 1.807) is 0 Å². The fourth-order valence-electron chi connectivity index (χ4n) is 2.49. The van der Waals surface area contributed by atoms with Gasteiger partial charge in [0, 0.05) is 6.04 Å². The van der Waals surface area contributed by atoms with Crippen LogP contribution in [0.5, 0.6) is 0 Å². The summed E-state index contributed by atoms with van der Waals surface area (Å²) in [5.41, 5.74) is -0.221. The van der Waals surface area contributed by atoms with Crippen LogP contribution in [0.3, 0.4) is 0 Å². The summed E-state index contributed by atoms with van der Waals surface area (Å²) in [5.74, 6) is -1.68. The number of hydrogen-bond acceptors (Lipinski definition) is 1. The molecule has 0 bridgehead atoms.